The van der Waals surface area contributed by atoms with Crippen LogP contribution in [0.15, 0.2) is 22.7 Å². The van der Waals surface area contributed by atoms with Crippen molar-refractivity contribution in [2.45, 2.75) is 44.6 Å². The van der Waals surface area contributed by atoms with Crippen molar-refractivity contribution in [1.29, 1.82) is 0 Å². The molecule has 1 N–H and O–H groups in total. The fraction of sp³-hybridized carbons (Fsp3) is 0.625. The summed E-state index contributed by atoms with van der Waals surface area (Å²) in [7, 11) is 3.82. The SMILES string of the molecule is CNC(CCc1cc(OC)ccc1Br)C1CCCC1. The van der Waals surface area contributed by atoms with Gasteiger partial charge in [0.2, 0.25) is 0 Å². The smallest absolute Gasteiger partial charge is 0.119 e. The van der Waals surface area contributed by atoms with Crippen LogP contribution in [0.1, 0.15) is 37.7 Å². The number of hydrogen-bond donors (Lipinski definition) is 1. The number of hydrogen-bond acceptors (Lipinski definition) is 2. The Morgan fingerprint density at radius 3 is 2.74 bits per heavy atom. The summed E-state index contributed by atoms with van der Waals surface area (Å²) >= 11 is 3.64. The van der Waals surface area contributed by atoms with E-state index < -0.39 is 0 Å². The first-order valence-corrected chi connectivity index (χ1v) is 8.03. The number of methoxy groups -OCH3 is 1. The number of rotatable bonds is 6. The summed E-state index contributed by atoms with van der Waals surface area (Å²) in [5, 5.41) is 3.52. The lowest BCUT2D eigenvalue weighted by molar-refractivity contribution is 0.359. The number of halogens is 1. The second kappa shape index (κ2) is 7.30. The quantitative estimate of drug-likeness (QED) is 0.847. The van der Waals surface area contributed by atoms with Gasteiger partial charge in [0, 0.05) is 10.5 Å². The molecule has 19 heavy (non-hydrogen) atoms. The maximum absolute atomic E-state index is 5.31. The van der Waals surface area contributed by atoms with Gasteiger partial charge in [-0.15, -0.1) is 0 Å². The van der Waals surface area contributed by atoms with Crippen LogP contribution in [0.5, 0.6) is 5.75 Å². The zero-order chi connectivity index (χ0) is 13.7. The van der Waals surface area contributed by atoms with E-state index in [1.54, 1.807) is 7.11 Å². The fourth-order valence-electron chi connectivity index (χ4n) is 3.16. The molecule has 0 spiro atoms. The van der Waals surface area contributed by atoms with Gasteiger partial charge in [-0.2, -0.15) is 0 Å². The van der Waals surface area contributed by atoms with Crippen molar-refractivity contribution in [1.82, 2.24) is 5.32 Å². The molecule has 0 amide bonds. The lowest BCUT2D eigenvalue weighted by atomic mass is 9.92. The lowest BCUT2D eigenvalue weighted by Gasteiger charge is -2.23. The molecule has 1 saturated carbocycles. The molecule has 1 atom stereocenters. The highest BCUT2D eigenvalue weighted by molar-refractivity contribution is 9.10. The van der Waals surface area contributed by atoms with Gasteiger partial charge in [0.05, 0.1) is 7.11 Å². The first-order chi connectivity index (χ1) is 9.24. The minimum atomic E-state index is 0.653. The van der Waals surface area contributed by atoms with Gasteiger partial charge >= 0.3 is 0 Å². The average Bonchev–Trinajstić information content (AvgIpc) is 2.95. The normalized spacial score (nSPS) is 17.6. The standard InChI is InChI=1S/C16H24BrNO/c1-18-16(12-5-3-4-6-12)10-7-13-11-14(19-2)8-9-15(13)17/h8-9,11-12,16,18H,3-7,10H2,1-2H3. The zero-order valence-corrected chi connectivity index (χ0v) is 13.5. The summed E-state index contributed by atoms with van der Waals surface area (Å²) in [6.45, 7) is 0. The minimum absolute atomic E-state index is 0.653. The number of nitrogens with one attached hydrogen (secondary N) is 1. The monoisotopic (exact) mass is 325 g/mol. The van der Waals surface area contributed by atoms with Gasteiger partial charge in [-0.25, -0.2) is 0 Å². The van der Waals surface area contributed by atoms with Crippen molar-refractivity contribution >= 4 is 15.9 Å². The molecule has 0 saturated heterocycles. The molecular weight excluding hydrogens is 302 g/mol. The van der Waals surface area contributed by atoms with E-state index >= 15 is 0 Å². The van der Waals surface area contributed by atoms with Crippen LogP contribution in [0, 0.1) is 5.92 Å². The van der Waals surface area contributed by atoms with Crippen LogP contribution < -0.4 is 10.1 Å². The molecule has 1 unspecified atom stereocenters. The molecule has 0 heterocycles. The Morgan fingerprint density at radius 1 is 1.37 bits per heavy atom. The van der Waals surface area contributed by atoms with Crippen molar-refractivity contribution < 1.29 is 4.74 Å². The highest BCUT2D eigenvalue weighted by Crippen LogP contribution is 2.30. The summed E-state index contributed by atoms with van der Waals surface area (Å²) in [4.78, 5) is 0. The number of benzene rings is 1. The van der Waals surface area contributed by atoms with Crippen LogP contribution in [-0.4, -0.2) is 20.2 Å². The Bertz CT molecular complexity index is 402. The second-order valence-corrected chi connectivity index (χ2v) is 6.29. The summed E-state index contributed by atoms with van der Waals surface area (Å²) in [5.74, 6) is 1.81. The van der Waals surface area contributed by atoms with Crippen LogP contribution in [0.25, 0.3) is 0 Å². The zero-order valence-electron chi connectivity index (χ0n) is 11.9. The first-order valence-electron chi connectivity index (χ1n) is 7.24. The predicted molar refractivity (Wildman–Crippen MR) is 83.8 cm³/mol. The van der Waals surface area contributed by atoms with Crippen LogP contribution in [0.2, 0.25) is 0 Å². The Hall–Kier alpha value is -0.540. The molecule has 0 radical (unpaired) electrons. The molecule has 0 bridgehead atoms. The van der Waals surface area contributed by atoms with Gasteiger partial charge in [0.25, 0.3) is 0 Å². The van der Waals surface area contributed by atoms with Gasteiger partial charge in [-0.3, -0.25) is 0 Å². The summed E-state index contributed by atoms with van der Waals surface area (Å²) < 4.78 is 6.50. The number of ether oxygens (including phenoxy) is 1. The second-order valence-electron chi connectivity index (χ2n) is 5.44. The van der Waals surface area contributed by atoms with Crippen molar-refractivity contribution in [3.63, 3.8) is 0 Å². The van der Waals surface area contributed by atoms with E-state index in [-0.39, 0.29) is 0 Å². The van der Waals surface area contributed by atoms with E-state index in [1.807, 2.05) is 6.07 Å². The Kier molecular flexibility index (Phi) is 5.71. The van der Waals surface area contributed by atoms with Crippen molar-refractivity contribution in [3.8, 4) is 5.75 Å². The summed E-state index contributed by atoms with van der Waals surface area (Å²) in [6, 6.07) is 6.88. The van der Waals surface area contributed by atoms with Gasteiger partial charge in [0.1, 0.15) is 5.75 Å². The van der Waals surface area contributed by atoms with Gasteiger partial charge in [0.15, 0.2) is 0 Å². The minimum Gasteiger partial charge on any atom is -0.497 e. The van der Waals surface area contributed by atoms with E-state index in [1.165, 1.54) is 42.1 Å². The number of aryl methyl sites for hydroxylation is 1. The van der Waals surface area contributed by atoms with Crippen LogP contribution >= 0.6 is 15.9 Å². The third-order valence-electron chi connectivity index (χ3n) is 4.32. The highest BCUT2D eigenvalue weighted by atomic mass is 79.9. The fourth-order valence-corrected chi connectivity index (χ4v) is 3.60. The van der Waals surface area contributed by atoms with E-state index in [2.05, 4.69) is 40.4 Å². The van der Waals surface area contributed by atoms with Crippen molar-refractivity contribution in [2.24, 2.45) is 5.92 Å². The van der Waals surface area contributed by atoms with E-state index in [9.17, 15) is 0 Å². The molecular formula is C16H24BrNO. The molecule has 2 nitrogen and oxygen atoms in total. The average molecular weight is 326 g/mol. The third kappa shape index (κ3) is 3.96. The largest absolute Gasteiger partial charge is 0.497 e. The summed E-state index contributed by atoms with van der Waals surface area (Å²) in [6.07, 6.45) is 7.90. The van der Waals surface area contributed by atoms with Crippen LogP contribution in [0.4, 0.5) is 0 Å². The van der Waals surface area contributed by atoms with E-state index in [0.29, 0.717) is 6.04 Å². The molecule has 1 fully saturated rings. The maximum Gasteiger partial charge on any atom is 0.119 e. The Labute approximate surface area is 125 Å². The molecule has 3 heteroatoms. The Morgan fingerprint density at radius 2 is 2.11 bits per heavy atom. The molecule has 0 aliphatic heterocycles. The van der Waals surface area contributed by atoms with Gasteiger partial charge in [-0.05, 0) is 62.4 Å². The molecule has 0 aromatic heterocycles. The van der Waals surface area contributed by atoms with Crippen LogP contribution in [0.3, 0.4) is 0 Å². The van der Waals surface area contributed by atoms with E-state index in [4.69, 9.17) is 4.74 Å². The molecule has 1 aromatic rings. The summed E-state index contributed by atoms with van der Waals surface area (Å²) in [5.41, 5.74) is 1.34. The Balaban J connectivity index is 1.96. The van der Waals surface area contributed by atoms with Gasteiger partial charge in [-0.1, -0.05) is 28.8 Å². The van der Waals surface area contributed by atoms with Crippen molar-refractivity contribution in [2.75, 3.05) is 14.2 Å². The molecule has 1 aromatic carbocycles. The van der Waals surface area contributed by atoms with Crippen LogP contribution in [-0.2, 0) is 6.42 Å². The molecule has 1 aliphatic carbocycles. The van der Waals surface area contributed by atoms with Gasteiger partial charge < -0.3 is 10.1 Å². The predicted octanol–water partition coefficient (Wildman–Crippen LogP) is 4.17. The molecule has 2 rings (SSSR count). The third-order valence-corrected chi connectivity index (χ3v) is 5.09. The van der Waals surface area contributed by atoms with E-state index in [0.717, 1.165) is 18.1 Å². The van der Waals surface area contributed by atoms with Crippen molar-refractivity contribution in [3.05, 3.63) is 28.2 Å². The molecule has 1 aliphatic rings. The topological polar surface area (TPSA) is 21.3 Å². The highest BCUT2D eigenvalue weighted by Gasteiger charge is 2.23. The first kappa shape index (κ1) is 14.9. The lowest BCUT2D eigenvalue weighted by Crippen LogP contribution is -2.32. The molecule has 106 valence electrons. The maximum atomic E-state index is 5.31.